The summed E-state index contributed by atoms with van der Waals surface area (Å²) in [6, 6.07) is 0. The van der Waals surface area contributed by atoms with Gasteiger partial charge in [0.2, 0.25) is 0 Å². The van der Waals surface area contributed by atoms with Crippen LogP contribution in [0.15, 0.2) is 0 Å². The van der Waals surface area contributed by atoms with Gasteiger partial charge in [0.15, 0.2) is 0 Å². The predicted octanol–water partition coefficient (Wildman–Crippen LogP) is 3.71. The Balaban J connectivity index is 4.66. The lowest BCUT2D eigenvalue weighted by Gasteiger charge is -2.37. The fourth-order valence-corrected chi connectivity index (χ4v) is 6.30. The molecule has 0 saturated carbocycles. The zero-order chi connectivity index (χ0) is 11.2. The van der Waals surface area contributed by atoms with Crippen LogP contribution in [0.25, 0.3) is 0 Å². The zero-order valence-electron chi connectivity index (χ0n) is 10.6. The molecule has 0 aromatic rings. The smallest absolute Gasteiger partial charge is 0.343 e. The monoisotopic (exact) mass is 218 g/mol. The average Bonchev–Trinajstić information content (AvgIpc) is 2.20. The maximum absolute atomic E-state index is 5.77. The first kappa shape index (κ1) is 14.1. The van der Waals surface area contributed by atoms with Crippen molar-refractivity contribution in [1.29, 1.82) is 0 Å². The second kappa shape index (κ2) is 6.59. The molecule has 0 aliphatic rings. The molecular formula is C11H26O2Si. The minimum atomic E-state index is -1.97. The summed E-state index contributed by atoms with van der Waals surface area (Å²) >= 11 is 0. The van der Waals surface area contributed by atoms with Crippen LogP contribution in [-0.2, 0) is 8.85 Å². The molecule has 0 fully saturated rings. The third-order valence-electron chi connectivity index (χ3n) is 3.35. The molecule has 14 heavy (non-hydrogen) atoms. The Bertz CT molecular complexity index is 146. The van der Waals surface area contributed by atoms with E-state index in [1.165, 1.54) is 12.8 Å². The highest BCUT2D eigenvalue weighted by Crippen LogP contribution is 2.38. The van der Waals surface area contributed by atoms with Crippen LogP contribution in [0.4, 0.5) is 0 Å². The van der Waals surface area contributed by atoms with Gasteiger partial charge in [-0.25, -0.2) is 0 Å². The third kappa shape index (κ3) is 2.81. The second-order valence-corrected chi connectivity index (χ2v) is 8.36. The molecule has 0 spiro atoms. The molecule has 0 aliphatic carbocycles. The predicted molar refractivity (Wildman–Crippen MR) is 63.8 cm³/mol. The second-order valence-electron chi connectivity index (χ2n) is 4.13. The molecule has 0 radical (unpaired) electrons. The van der Waals surface area contributed by atoms with Crippen molar-refractivity contribution < 1.29 is 8.85 Å². The average molecular weight is 218 g/mol. The Kier molecular flexibility index (Phi) is 6.65. The molecule has 0 saturated heterocycles. The molecule has 86 valence electrons. The maximum atomic E-state index is 5.77. The molecule has 0 amide bonds. The van der Waals surface area contributed by atoms with Gasteiger partial charge in [-0.2, -0.15) is 0 Å². The van der Waals surface area contributed by atoms with E-state index in [-0.39, 0.29) is 0 Å². The van der Waals surface area contributed by atoms with Crippen LogP contribution in [0.3, 0.4) is 0 Å². The van der Waals surface area contributed by atoms with E-state index in [1.54, 1.807) is 0 Å². The molecule has 0 bridgehead atoms. The zero-order valence-corrected chi connectivity index (χ0v) is 11.6. The van der Waals surface area contributed by atoms with Crippen LogP contribution in [0, 0.1) is 0 Å². The minimum absolute atomic E-state index is 0.569. The van der Waals surface area contributed by atoms with Gasteiger partial charge >= 0.3 is 8.56 Å². The van der Waals surface area contributed by atoms with Gasteiger partial charge in [-0.05, 0) is 12.0 Å². The van der Waals surface area contributed by atoms with Crippen molar-refractivity contribution in [3.8, 4) is 0 Å². The molecule has 2 nitrogen and oxygen atoms in total. The van der Waals surface area contributed by atoms with E-state index in [2.05, 4.69) is 27.7 Å². The van der Waals surface area contributed by atoms with Crippen molar-refractivity contribution >= 4 is 8.56 Å². The summed E-state index contributed by atoms with van der Waals surface area (Å²) in [7, 11) is 1.66. The Labute approximate surface area is 90.2 Å². The van der Waals surface area contributed by atoms with Crippen molar-refractivity contribution in [2.45, 2.75) is 58.0 Å². The first-order valence-corrected chi connectivity index (χ1v) is 7.66. The molecule has 0 aromatic carbocycles. The van der Waals surface area contributed by atoms with Crippen LogP contribution < -0.4 is 0 Å². The van der Waals surface area contributed by atoms with E-state index in [4.69, 9.17) is 8.85 Å². The van der Waals surface area contributed by atoms with Gasteiger partial charge in [-0.1, -0.05) is 40.5 Å². The number of hydrogen-bond acceptors (Lipinski definition) is 2. The summed E-state index contributed by atoms with van der Waals surface area (Å²) in [5.74, 6) is 0. The fraction of sp³-hybridized carbons (Fsp3) is 1.00. The van der Waals surface area contributed by atoms with Gasteiger partial charge in [0.05, 0.1) is 0 Å². The molecule has 0 aromatic heterocycles. The lowest BCUT2D eigenvalue weighted by molar-refractivity contribution is 0.215. The van der Waals surface area contributed by atoms with Gasteiger partial charge < -0.3 is 8.85 Å². The lowest BCUT2D eigenvalue weighted by atomic mass is 10.3. The Morgan fingerprint density at radius 1 is 1.00 bits per heavy atom. The molecule has 0 heterocycles. The molecule has 0 aliphatic heterocycles. The van der Waals surface area contributed by atoms with Crippen molar-refractivity contribution in [2.75, 3.05) is 14.2 Å². The van der Waals surface area contributed by atoms with Crippen molar-refractivity contribution in [3.05, 3.63) is 0 Å². The lowest BCUT2D eigenvalue weighted by Crippen LogP contribution is -2.47. The summed E-state index contributed by atoms with van der Waals surface area (Å²) in [4.78, 5) is 0. The molecule has 0 N–H and O–H groups in total. The van der Waals surface area contributed by atoms with E-state index < -0.39 is 8.56 Å². The molecule has 2 unspecified atom stereocenters. The van der Waals surface area contributed by atoms with Crippen molar-refractivity contribution in [3.63, 3.8) is 0 Å². The van der Waals surface area contributed by atoms with Crippen LogP contribution >= 0.6 is 0 Å². The normalized spacial score (nSPS) is 16.7. The Morgan fingerprint density at radius 2 is 1.50 bits per heavy atom. The van der Waals surface area contributed by atoms with Gasteiger partial charge in [-0.3, -0.25) is 0 Å². The van der Waals surface area contributed by atoms with E-state index >= 15 is 0 Å². The maximum Gasteiger partial charge on any atom is 0.343 e. The Morgan fingerprint density at radius 3 is 1.79 bits per heavy atom. The van der Waals surface area contributed by atoms with Gasteiger partial charge in [-0.15, -0.1) is 0 Å². The largest absolute Gasteiger partial charge is 0.397 e. The molecule has 0 rings (SSSR count). The summed E-state index contributed by atoms with van der Waals surface area (Å²) < 4.78 is 11.5. The van der Waals surface area contributed by atoms with Gasteiger partial charge in [0, 0.05) is 19.8 Å². The quantitative estimate of drug-likeness (QED) is 0.606. The highest BCUT2D eigenvalue weighted by molar-refractivity contribution is 6.70. The van der Waals surface area contributed by atoms with Gasteiger partial charge in [0.1, 0.15) is 0 Å². The molecular weight excluding hydrogens is 192 g/mol. The van der Waals surface area contributed by atoms with E-state index in [0.717, 1.165) is 6.42 Å². The van der Waals surface area contributed by atoms with Crippen LogP contribution in [-0.4, -0.2) is 22.8 Å². The molecule has 3 heteroatoms. The van der Waals surface area contributed by atoms with Crippen LogP contribution in [0.2, 0.25) is 11.1 Å². The highest BCUT2D eigenvalue weighted by atomic mass is 28.4. The van der Waals surface area contributed by atoms with Crippen molar-refractivity contribution in [2.24, 2.45) is 0 Å². The Hall–Kier alpha value is 0.137. The van der Waals surface area contributed by atoms with E-state index in [0.29, 0.717) is 11.1 Å². The summed E-state index contributed by atoms with van der Waals surface area (Å²) in [6.07, 6.45) is 3.55. The van der Waals surface area contributed by atoms with Crippen molar-refractivity contribution in [1.82, 2.24) is 0 Å². The fourth-order valence-electron chi connectivity index (χ4n) is 2.29. The molecule has 2 atom stereocenters. The summed E-state index contributed by atoms with van der Waals surface area (Å²) in [5.41, 5.74) is 1.15. The standard InChI is InChI=1S/C11H26O2Si/c1-7-9-11(4)14(12-5,13-6)10(3)8-2/h10-11H,7-9H2,1-6H3. The van der Waals surface area contributed by atoms with E-state index in [1.807, 2.05) is 14.2 Å². The van der Waals surface area contributed by atoms with E-state index in [9.17, 15) is 0 Å². The highest BCUT2D eigenvalue weighted by Gasteiger charge is 2.45. The van der Waals surface area contributed by atoms with Crippen LogP contribution in [0.1, 0.15) is 47.0 Å². The number of hydrogen-bond donors (Lipinski definition) is 0. The SMILES string of the molecule is CCCC(C)[Si](OC)(OC)C(C)CC. The summed E-state index contributed by atoms with van der Waals surface area (Å²) in [6.45, 7) is 8.96. The minimum Gasteiger partial charge on any atom is -0.397 e. The number of rotatable bonds is 7. The van der Waals surface area contributed by atoms with Gasteiger partial charge in [0.25, 0.3) is 0 Å². The van der Waals surface area contributed by atoms with Crippen LogP contribution in [0.5, 0.6) is 0 Å². The third-order valence-corrected chi connectivity index (χ3v) is 8.07. The summed E-state index contributed by atoms with van der Waals surface area (Å²) in [5, 5.41) is 0. The topological polar surface area (TPSA) is 18.5 Å². The first-order chi connectivity index (χ1) is 6.58. The first-order valence-electron chi connectivity index (χ1n) is 5.69.